The number of nitrogens with zero attached hydrogens (tertiary/aromatic N) is 1. The summed E-state index contributed by atoms with van der Waals surface area (Å²) in [5, 5.41) is 13.3. The Kier molecular flexibility index (Phi) is 7.30. The van der Waals surface area contributed by atoms with E-state index in [1.807, 2.05) is 0 Å². The number of nitrogens with one attached hydrogen (secondary N) is 2. The molecule has 0 aliphatic carbocycles. The average molecular weight is 346 g/mol. The normalized spacial score (nSPS) is 19.8. The summed E-state index contributed by atoms with van der Waals surface area (Å²) in [6.07, 6.45) is 1.16. The number of amides is 3. The molecule has 3 amide bonds. The second-order valence-electron chi connectivity index (χ2n) is 5.32. The number of hydrogen-bond donors (Lipinski definition) is 5. The van der Waals surface area contributed by atoms with E-state index in [2.05, 4.69) is 23.3 Å². The molecule has 1 aliphatic heterocycles. The highest BCUT2D eigenvalue weighted by Crippen LogP contribution is 2.18. The number of carboxylic acids is 1. The molecule has 0 radical (unpaired) electrons. The summed E-state index contributed by atoms with van der Waals surface area (Å²) in [6.45, 7) is 1.40. The van der Waals surface area contributed by atoms with Crippen LogP contribution in [0.15, 0.2) is 0 Å². The van der Waals surface area contributed by atoms with Crippen molar-refractivity contribution in [2.45, 2.75) is 37.9 Å². The number of carboxylic acid groups (broad SMARTS) is 1. The summed E-state index contributed by atoms with van der Waals surface area (Å²) in [5.41, 5.74) is 5.64. The number of aliphatic carboxylic acids is 1. The largest absolute Gasteiger partial charge is 0.480 e. The molecule has 0 aromatic rings. The maximum atomic E-state index is 12.1. The van der Waals surface area contributed by atoms with E-state index in [9.17, 15) is 19.2 Å². The fourth-order valence-electron chi connectivity index (χ4n) is 2.23. The van der Waals surface area contributed by atoms with Gasteiger partial charge in [-0.3, -0.25) is 19.2 Å². The number of nitrogens with two attached hydrogens (primary N) is 1. The summed E-state index contributed by atoms with van der Waals surface area (Å²) in [4.78, 5) is 47.8. The second kappa shape index (κ2) is 8.73. The maximum absolute atomic E-state index is 12.1. The van der Waals surface area contributed by atoms with Gasteiger partial charge < -0.3 is 26.4 Å². The lowest BCUT2D eigenvalue weighted by Crippen LogP contribution is -2.53. The molecule has 0 aromatic carbocycles. The summed E-state index contributed by atoms with van der Waals surface area (Å²) < 4.78 is 0. The third kappa shape index (κ3) is 5.39. The van der Waals surface area contributed by atoms with Gasteiger partial charge in [0.15, 0.2) is 0 Å². The van der Waals surface area contributed by atoms with Gasteiger partial charge in [0.05, 0.1) is 12.6 Å². The number of carbonyl (C=O) groups is 4. The SMILES string of the molecule is CC(NC(=O)CNC(=O)C1CCCN1C(=O)C(N)CS)C(=O)O. The molecular formula is C13H22N4O5S. The first-order chi connectivity index (χ1) is 10.8. The third-order valence-electron chi connectivity index (χ3n) is 3.52. The van der Waals surface area contributed by atoms with E-state index in [1.54, 1.807) is 0 Å². The zero-order chi connectivity index (χ0) is 17.6. The average Bonchev–Trinajstić information content (AvgIpc) is 3.00. The fourth-order valence-corrected chi connectivity index (χ4v) is 2.39. The molecule has 3 unspecified atom stereocenters. The van der Waals surface area contributed by atoms with Crippen molar-refractivity contribution >= 4 is 36.3 Å². The summed E-state index contributed by atoms with van der Waals surface area (Å²) in [5.74, 6) is -2.41. The van der Waals surface area contributed by atoms with E-state index < -0.39 is 35.9 Å². The van der Waals surface area contributed by atoms with Crippen molar-refractivity contribution in [3.05, 3.63) is 0 Å². The van der Waals surface area contributed by atoms with E-state index in [-0.39, 0.29) is 18.2 Å². The number of carbonyl (C=O) groups excluding carboxylic acids is 3. The highest BCUT2D eigenvalue weighted by Gasteiger charge is 2.35. The van der Waals surface area contributed by atoms with Crippen LogP contribution in [0.2, 0.25) is 0 Å². The lowest BCUT2D eigenvalue weighted by Gasteiger charge is -2.26. The van der Waals surface area contributed by atoms with Gasteiger partial charge in [0.2, 0.25) is 17.7 Å². The van der Waals surface area contributed by atoms with Crippen molar-refractivity contribution in [1.29, 1.82) is 0 Å². The van der Waals surface area contributed by atoms with Crippen molar-refractivity contribution in [1.82, 2.24) is 15.5 Å². The van der Waals surface area contributed by atoms with Gasteiger partial charge in [-0.05, 0) is 19.8 Å². The summed E-state index contributed by atoms with van der Waals surface area (Å²) in [7, 11) is 0. The molecule has 0 spiro atoms. The zero-order valence-corrected chi connectivity index (χ0v) is 13.7. The highest BCUT2D eigenvalue weighted by molar-refractivity contribution is 7.80. The molecule has 5 N–H and O–H groups in total. The Hall–Kier alpha value is -1.81. The molecule has 1 rings (SSSR count). The fraction of sp³-hybridized carbons (Fsp3) is 0.692. The van der Waals surface area contributed by atoms with Gasteiger partial charge >= 0.3 is 5.97 Å². The predicted molar refractivity (Wildman–Crippen MR) is 84.8 cm³/mol. The van der Waals surface area contributed by atoms with Crippen molar-refractivity contribution in [2.24, 2.45) is 5.73 Å². The zero-order valence-electron chi connectivity index (χ0n) is 12.8. The van der Waals surface area contributed by atoms with E-state index in [0.29, 0.717) is 19.4 Å². The molecular weight excluding hydrogens is 324 g/mol. The monoisotopic (exact) mass is 346 g/mol. The Morgan fingerprint density at radius 1 is 1.39 bits per heavy atom. The Balaban J connectivity index is 2.52. The van der Waals surface area contributed by atoms with E-state index in [1.165, 1.54) is 11.8 Å². The van der Waals surface area contributed by atoms with Crippen LogP contribution in [0.5, 0.6) is 0 Å². The topological polar surface area (TPSA) is 142 Å². The van der Waals surface area contributed by atoms with Crippen LogP contribution in [0.25, 0.3) is 0 Å². The Morgan fingerprint density at radius 2 is 2.04 bits per heavy atom. The first kappa shape index (κ1) is 19.2. The molecule has 23 heavy (non-hydrogen) atoms. The molecule has 1 heterocycles. The van der Waals surface area contributed by atoms with Gasteiger partial charge in [-0.2, -0.15) is 12.6 Å². The minimum Gasteiger partial charge on any atom is -0.480 e. The Bertz CT molecular complexity index is 487. The molecule has 0 bridgehead atoms. The van der Waals surface area contributed by atoms with Crippen molar-refractivity contribution in [3.8, 4) is 0 Å². The van der Waals surface area contributed by atoms with Crippen LogP contribution in [0.3, 0.4) is 0 Å². The Labute approximate surface area is 139 Å². The highest BCUT2D eigenvalue weighted by atomic mass is 32.1. The van der Waals surface area contributed by atoms with E-state index >= 15 is 0 Å². The van der Waals surface area contributed by atoms with Crippen molar-refractivity contribution in [2.75, 3.05) is 18.8 Å². The molecule has 1 fully saturated rings. The minimum absolute atomic E-state index is 0.180. The minimum atomic E-state index is -1.17. The van der Waals surface area contributed by atoms with Crippen molar-refractivity contribution < 1.29 is 24.3 Å². The van der Waals surface area contributed by atoms with Crippen LogP contribution in [0, 0.1) is 0 Å². The Morgan fingerprint density at radius 3 is 2.61 bits per heavy atom. The van der Waals surface area contributed by atoms with Crippen molar-refractivity contribution in [3.63, 3.8) is 0 Å². The molecule has 9 nitrogen and oxygen atoms in total. The predicted octanol–water partition coefficient (Wildman–Crippen LogP) is -2.06. The number of rotatable bonds is 7. The van der Waals surface area contributed by atoms with Crippen LogP contribution in [0.1, 0.15) is 19.8 Å². The smallest absolute Gasteiger partial charge is 0.325 e. The van der Waals surface area contributed by atoms with Crippen LogP contribution in [-0.2, 0) is 19.2 Å². The first-order valence-corrected chi connectivity index (χ1v) is 7.88. The van der Waals surface area contributed by atoms with Crippen LogP contribution >= 0.6 is 12.6 Å². The van der Waals surface area contributed by atoms with Gasteiger partial charge in [-0.25, -0.2) is 0 Å². The summed E-state index contributed by atoms with van der Waals surface area (Å²) >= 11 is 3.97. The molecule has 3 atom stereocenters. The molecule has 0 aromatic heterocycles. The molecule has 130 valence electrons. The number of thiol groups is 1. The standard InChI is InChI=1S/C13H22N4O5S/c1-7(13(21)22)16-10(18)5-15-11(19)9-3-2-4-17(9)12(20)8(14)6-23/h7-9,23H,2-6,14H2,1H3,(H,15,19)(H,16,18)(H,21,22). The second-order valence-corrected chi connectivity index (χ2v) is 5.69. The van der Waals surface area contributed by atoms with E-state index in [4.69, 9.17) is 10.8 Å². The number of hydrogen-bond acceptors (Lipinski definition) is 6. The quantitative estimate of drug-likeness (QED) is 0.336. The molecule has 1 saturated heterocycles. The van der Waals surface area contributed by atoms with Crippen LogP contribution < -0.4 is 16.4 Å². The van der Waals surface area contributed by atoms with E-state index in [0.717, 1.165) is 0 Å². The maximum Gasteiger partial charge on any atom is 0.325 e. The van der Waals surface area contributed by atoms with Gasteiger partial charge in [0, 0.05) is 12.3 Å². The van der Waals surface area contributed by atoms with Gasteiger partial charge in [0.1, 0.15) is 12.1 Å². The molecule has 1 aliphatic rings. The van der Waals surface area contributed by atoms with Gasteiger partial charge in [-0.15, -0.1) is 0 Å². The number of likely N-dealkylation sites (tertiary alicyclic amines) is 1. The van der Waals surface area contributed by atoms with Gasteiger partial charge in [-0.1, -0.05) is 0 Å². The van der Waals surface area contributed by atoms with Crippen LogP contribution in [0.4, 0.5) is 0 Å². The third-order valence-corrected chi connectivity index (χ3v) is 3.92. The molecule has 0 saturated carbocycles. The lowest BCUT2D eigenvalue weighted by atomic mass is 10.2. The van der Waals surface area contributed by atoms with Gasteiger partial charge in [0.25, 0.3) is 0 Å². The summed E-state index contributed by atoms with van der Waals surface area (Å²) in [6, 6.07) is -2.48. The molecule has 10 heteroatoms. The van der Waals surface area contributed by atoms with Crippen LogP contribution in [-0.4, -0.2) is 70.7 Å². The first-order valence-electron chi connectivity index (χ1n) is 7.24. The lowest BCUT2D eigenvalue weighted by molar-refractivity contribution is -0.141.